The number of hydrogen-bond acceptors (Lipinski definition) is 4. The molecule has 0 spiro atoms. The summed E-state index contributed by atoms with van der Waals surface area (Å²) in [6.07, 6.45) is 2.61. The van der Waals surface area contributed by atoms with E-state index in [1.54, 1.807) is 12.1 Å². The Hall–Kier alpha value is -2.98. The van der Waals surface area contributed by atoms with Gasteiger partial charge in [0.2, 0.25) is 0 Å². The number of benzene rings is 3. The number of fused-ring (bicyclic) bond motifs is 1. The van der Waals surface area contributed by atoms with Gasteiger partial charge in [0.1, 0.15) is 29.5 Å². The third-order valence-corrected chi connectivity index (χ3v) is 7.06. The van der Waals surface area contributed by atoms with Gasteiger partial charge in [0.05, 0.1) is 0 Å². The minimum Gasteiger partial charge on any atom is -0.508 e. The summed E-state index contributed by atoms with van der Waals surface area (Å²) in [4.78, 5) is 2.47. The molecule has 33 heavy (non-hydrogen) atoms. The lowest BCUT2D eigenvalue weighted by atomic mass is 9.68. The fourth-order valence-corrected chi connectivity index (χ4v) is 5.49. The van der Waals surface area contributed by atoms with E-state index < -0.39 is 5.60 Å². The van der Waals surface area contributed by atoms with Crippen LogP contribution in [-0.4, -0.2) is 41.8 Å². The first kappa shape index (κ1) is 21.8. The number of likely N-dealkylation sites (tertiary alicyclic amines) is 1. The minimum absolute atomic E-state index is 0.102. The molecule has 1 saturated heterocycles. The molecule has 3 aromatic carbocycles. The maximum atomic E-state index is 10.1. The van der Waals surface area contributed by atoms with Crippen molar-refractivity contribution in [1.29, 1.82) is 0 Å². The summed E-state index contributed by atoms with van der Waals surface area (Å²) in [5.74, 6) is 2.11. The summed E-state index contributed by atoms with van der Waals surface area (Å²) in [7, 11) is 0. The molecule has 3 aromatic rings. The Balaban J connectivity index is 1.45. The highest BCUT2D eigenvalue weighted by atomic mass is 16.5. The van der Waals surface area contributed by atoms with Crippen LogP contribution in [0.4, 0.5) is 0 Å². The molecule has 0 bridgehead atoms. The third-order valence-electron chi connectivity index (χ3n) is 7.06. The molecular weight excluding hydrogens is 410 g/mol. The molecule has 1 N–H and O–H groups in total. The van der Waals surface area contributed by atoms with Gasteiger partial charge in [0.15, 0.2) is 0 Å². The number of phenols is 1. The first-order chi connectivity index (χ1) is 16.0. The molecule has 1 fully saturated rings. The summed E-state index contributed by atoms with van der Waals surface area (Å²) in [5.41, 5.74) is 3.12. The van der Waals surface area contributed by atoms with Gasteiger partial charge in [-0.1, -0.05) is 48.5 Å². The zero-order valence-corrected chi connectivity index (χ0v) is 19.5. The average molecular weight is 444 g/mol. The number of ether oxygens (including phenoxy) is 2. The lowest BCUT2D eigenvalue weighted by molar-refractivity contribution is 0.0528. The Morgan fingerprint density at radius 1 is 0.939 bits per heavy atom. The first-order valence-electron chi connectivity index (χ1n) is 12.0. The van der Waals surface area contributed by atoms with Crippen molar-refractivity contribution in [1.82, 2.24) is 4.90 Å². The lowest BCUT2D eigenvalue weighted by Gasteiger charge is -2.45. The van der Waals surface area contributed by atoms with Gasteiger partial charge in [-0.15, -0.1) is 0 Å². The molecule has 0 saturated carbocycles. The molecule has 2 atom stereocenters. The Bertz CT molecular complexity index is 1070. The van der Waals surface area contributed by atoms with E-state index in [0.29, 0.717) is 0 Å². The van der Waals surface area contributed by atoms with Crippen molar-refractivity contribution in [2.75, 3.05) is 26.2 Å². The fraction of sp³-hybridized carbons (Fsp3) is 0.379. The zero-order valence-electron chi connectivity index (χ0n) is 19.5. The minimum atomic E-state index is -0.447. The Labute approximate surface area is 196 Å². The van der Waals surface area contributed by atoms with Gasteiger partial charge in [-0.3, -0.25) is 4.90 Å². The molecule has 0 aromatic heterocycles. The molecule has 0 amide bonds. The monoisotopic (exact) mass is 443 g/mol. The van der Waals surface area contributed by atoms with Crippen LogP contribution in [-0.2, 0) is 0 Å². The highest BCUT2D eigenvalue weighted by molar-refractivity contribution is 5.52. The zero-order chi connectivity index (χ0) is 22.8. The second-order valence-electron chi connectivity index (χ2n) is 9.76. The lowest BCUT2D eigenvalue weighted by Crippen LogP contribution is -2.43. The number of nitrogens with zero attached hydrogens (tertiary/aromatic N) is 1. The molecular formula is C29H33NO3. The average Bonchev–Trinajstić information content (AvgIpc) is 3.32. The maximum Gasteiger partial charge on any atom is 0.127 e. The standard InChI is InChI=1S/C29H33NO3/c1-29(2)28(22-8-4-3-5-9-22)27(25-15-12-23(31)20-26(25)33-29)21-10-13-24(14-11-21)32-19-18-30-16-6-7-17-30/h3-5,8-15,20,27-28,31H,6-7,16-19H2,1-2H3/t27?,28-/m0/s1. The van der Waals surface area contributed by atoms with Crippen LogP contribution in [0.25, 0.3) is 0 Å². The third kappa shape index (κ3) is 4.58. The van der Waals surface area contributed by atoms with Crippen molar-refractivity contribution in [3.05, 3.63) is 89.5 Å². The van der Waals surface area contributed by atoms with Crippen LogP contribution in [0.2, 0.25) is 0 Å². The summed E-state index contributed by atoms with van der Waals surface area (Å²) in [5, 5.41) is 10.1. The molecule has 2 aliphatic heterocycles. The quantitative estimate of drug-likeness (QED) is 0.511. The van der Waals surface area contributed by atoms with Crippen molar-refractivity contribution in [3.63, 3.8) is 0 Å². The van der Waals surface area contributed by atoms with Crippen LogP contribution >= 0.6 is 0 Å². The normalized spacial score (nSPS) is 21.9. The second kappa shape index (κ2) is 9.11. The first-order valence-corrected chi connectivity index (χ1v) is 12.0. The Morgan fingerprint density at radius 3 is 2.39 bits per heavy atom. The predicted octanol–water partition coefficient (Wildman–Crippen LogP) is 5.95. The summed E-state index contributed by atoms with van der Waals surface area (Å²) in [6, 6.07) is 24.6. The largest absolute Gasteiger partial charge is 0.508 e. The van der Waals surface area contributed by atoms with Crippen LogP contribution in [0, 0.1) is 0 Å². The van der Waals surface area contributed by atoms with E-state index in [4.69, 9.17) is 9.47 Å². The van der Waals surface area contributed by atoms with E-state index >= 15 is 0 Å². The maximum absolute atomic E-state index is 10.1. The number of aromatic hydroxyl groups is 1. The number of phenolic OH excluding ortho intramolecular Hbond substituents is 1. The second-order valence-corrected chi connectivity index (χ2v) is 9.76. The summed E-state index contributed by atoms with van der Waals surface area (Å²) < 4.78 is 12.5. The molecule has 5 rings (SSSR count). The van der Waals surface area contributed by atoms with Gasteiger partial charge in [-0.25, -0.2) is 0 Å². The molecule has 4 nitrogen and oxygen atoms in total. The highest BCUT2D eigenvalue weighted by Gasteiger charge is 2.45. The SMILES string of the molecule is CC1(C)Oc2cc(O)ccc2C(c2ccc(OCCN3CCCC3)cc2)[C@@H]1c1ccccc1. The van der Waals surface area contributed by atoms with E-state index in [0.717, 1.165) is 30.2 Å². The summed E-state index contributed by atoms with van der Waals surface area (Å²) in [6.45, 7) is 8.37. The molecule has 2 heterocycles. The van der Waals surface area contributed by atoms with E-state index in [-0.39, 0.29) is 17.6 Å². The highest BCUT2D eigenvalue weighted by Crippen LogP contribution is 2.53. The van der Waals surface area contributed by atoms with Crippen LogP contribution < -0.4 is 9.47 Å². The summed E-state index contributed by atoms with van der Waals surface area (Å²) >= 11 is 0. The van der Waals surface area contributed by atoms with Gasteiger partial charge < -0.3 is 14.6 Å². The molecule has 2 aliphatic rings. The van der Waals surface area contributed by atoms with Crippen molar-refractivity contribution < 1.29 is 14.6 Å². The fourth-order valence-electron chi connectivity index (χ4n) is 5.49. The molecule has 4 heteroatoms. The van der Waals surface area contributed by atoms with Crippen molar-refractivity contribution >= 4 is 0 Å². The van der Waals surface area contributed by atoms with Gasteiger partial charge in [-0.05, 0) is 69.1 Å². The number of hydrogen-bond donors (Lipinski definition) is 1. The van der Waals surface area contributed by atoms with Gasteiger partial charge in [-0.2, -0.15) is 0 Å². The smallest absolute Gasteiger partial charge is 0.127 e. The topological polar surface area (TPSA) is 41.9 Å². The van der Waals surface area contributed by atoms with Crippen molar-refractivity contribution in [2.24, 2.45) is 0 Å². The molecule has 0 aliphatic carbocycles. The molecule has 172 valence electrons. The van der Waals surface area contributed by atoms with Crippen LogP contribution in [0.15, 0.2) is 72.8 Å². The van der Waals surface area contributed by atoms with Crippen LogP contribution in [0.5, 0.6) is 17.2 Å². The van der Waals surface area contributed by atoms with Gasteiger partial charge in [0, 0.05) is 30.0 Å². The van der Waals surface area contributed by atoms with E-state index in [1.807, 2.05) is 6.07 Å². The van der Waals surface area contributed by atoms with Gasteiger partial charge >= 0.3 is 0 Å². The van der Waals surface area contributed by atoms with E-state index in [1.165, 1.54) is 37.1 Å². The van der Waals surface area contributed by atoms with Crippen LogP contribution in [0.1, 0.15) is 55.2 Å². The van der Waals surface area contributed by atoms with Crippen LogP contribution in [0.3, 0.4) is 0 Å². The van der Waals surface area contributed by atoms with Gasteiger partial charge in [0.25, 0.3) is 0 Å². The van der Waals surface area contributed by atoms with Crippen molar-refractivity contribution in [3.8, 4) is 17.2 Å². The number of rotatable bonds is 6. The van der Waals surface area contributed by atoms with E-state index in [2.05, 4.69) is 73.3 Å². The van der Waals surface area contributed by atoms with Crippen molar-refractivity contribution in [2.45, 2.75) is 44.1 Å². The molecule has 0 radical (unpaired) electrons. The molecule has 1 unspecified atom stereocenters. The Morgan fingerprint density at radius 2 is 1.67 bits per heavy atom. The Kier molecular flexibility index (Phi) is 6.03. The predicted molar refractivity (Wildman–Crippen MR) is 131 cm³/mol. The van der Waals surface area contributed by atoms with E-state index in [9.17, 15) is 5.11 Å².